The van der Waals surface area contributed by atoms with Crippen molar-refractivity contribution >= 4 is 55.1 Å². The predicted molar refractivity (Wildman–Crippen MR) is 176 cm³/mol. The van der Waals surface area contributed by atoms with Gasteiger partial charge in [0.2, 0.25) is 5.69 Å². The topological polar surface area (TPSA) is 50.6 Å². The van der Waals surface area contributed by atoms with Gasteiger partial charge in [-0.15, -0.1) is 0 Å². The summed E-state index contributed by atoms with van der Waals surface area (Å²) in [5, 5.41) is 14.3. The number of rotatable bonds is 3. The summed E-state index contributed by atoms with van der Waals surface area (Å²) in [5.41, 5.74) is 9.10. The van der Waals surface area contributed by atoms with Gasteiger partial charge in [-0.1, -0.05) is 78.9 Å². The number of hydrogen-bond acceptors (Lipinski definition) is 2. The average Bonchev–Trinajstić information content (AvgIpc) is 3.62. The second kappa shape index (κ2) is 9.74. The molecule has 2 aromatic heterocycles. The van der Waals surface area contributed by atoms with Crippen LogP contribution >= 0.6 is 0 Å². The van der Waals surface area contributed by atoms with E-state index in [1.54, 1.807) is 6.07 Å². The largest absolute Gasteiger partial charge is 0.456 e. The molecule has 0 atom stereocenters. The Labute approximate surface area is 252 Å². The van der Waals surface area contributed by atoms with Crippen molar-refractivity contribution in [3.8, 4) is 34.0 Å². The minimum absolute atomic E-state index is 0.519. The lowest BCUT2D eigenvalue weighted by atomic mass is 9.89. The van der Waals surface area contributed by atoms with Crippen molar-refractivity contribution in [2.45, 2.75) is 0 Å². The highest BCUT2D eigenvalue weighted by molar-refractivity contribution is 6.11. The normalized spacial score (nSPS) is 11.1. The smallest absolute Gasteiger partial charge is 0.211 e. The molecule has 0 amide bonds. The van der Waals surface area contributed by atoms with Crippen molar-refractivity contribution in [3.63, 3.8) is 0 Å². The highest BCUT2D eigenvalue weighted by Crippen LogP contribution is 2.45. The maximum atomic E-state index is 10.3. The fourth-order valence-corrected chi connectivity index (χ4v) is 6.41. The van der Waals surface area contributed by atoms with Crippen LogP contribution in [0.15, 0.2) is 126 Å². The molecule has 0 aliphatic carbocycles. The zero-order valence-corrected chi connectivity index (χ0v) is 23.2. The number of para-hydroxylation sites is 3. The highest BCUT2D eigenvalue weighted by Gasteiger charge is 2.22. The Bertz CT molecular complexity index is 2550. The monoisotopic (exact) mass is 560 g/mol. The summed E-state index contributed by atoms with van der Waals surface area (Å²) in [6.45, 7) is 15.7. The number of aromatic nitrogens is 1. The molecule has 0 N–H and O–H groups in total. The van der Waals surface area contributed by atoms with Crippen molar-refractivity contribution in [2.24, 2.45) is 0 Å². The summed E-state index contributed by atoms with van der Waals surface area (Å²) in [7, 11) is 0. The van der Waals surface area contributed by atoms with Crippen molar-refractivity contribution in [2.75, 3.05) is 0 Å². The van der Waals surface area contributed by atoms with E-state index < -0.39 is 0 Å². The van der Waals surface area contributed by atoms with E-state index in [0.717, 1.165) is 60.5 Å². The molecule has 0 saturated heterocycles. The number of nitrogens with zero attached hydrogens (tertiary/aromatic N) is 4. The highest BCUT2D eigenvalue weighted by atomic mass is 16.3. The van der Waals surface area contributed by atoms with Crippen LogP contribution in [0, 0.1) is 24.5 Å². The number of fused-ring (bicyclic) bond motifs is 6. The molecule has 5 nitrogen and oxygen atoms in total. The number of nitriles is 1. The third-order valence-electron chi connectivity index (χ3n) is 8.28. The predicted octanol–water partition coefficient (Wildman–Crippen LogP) is 11.0. The first-order valence-corrected chi connectivity index (χ1v) is 14.1. The summed E-state index contributed by atoms with van der Waals surface area (Å²) < 4.78 is 8.27. The molecular formula is C39H20N4O. The van der Waals surface area contributed by atoms with Crippen LogP contribution < -0.4 is 0 Å². The van der Waals surface area contributed by atoms with Gasteiger partial charge in [0.15, 0.2) is 5.69 Å². The molecule has 0 bridgehead atoms. The molecule has 0 saturated carbocycles. The van der Waals surface area contributed by atoms with Gasteiger partial charge in [0.1, 0.15) is 11.2 Å². The first-order chi connectivity index (χ1) is 21.7. The minimum atomic E-state index is 0.519. The fourth-order valence-electron chi connectivity index (χ4n) is 6.41. The molecular weight excluding hydrogens is 540 g/mol. The summed E-state index contributed by atoms with van der Waals surface area (Å²) in [4.78, 5) is 7.58. The number of hydrogen-bond donors (Lipinski definition) is 0. The van der Waals surface area contributed by atoms with Gasteiger partial charge >= 0.3 is 0 Å². The van der Waals surface area contributed by atoms with E-state index in [4.69, 9.17) is 17.6 Å². The Morgan fingerprint density at radius 2 is 1.27 bits per heavy atom. The molecule has 44 heavy (non-hydrogen) atoms. The summed E-state index contributed by atoms with van der Waals surface area (Å²) in [5.74, 6) is 0. The summed E-state index contributed by atoms with van der Waals surface area (Å²) in [6.07, 6.45) is 0. The lowest BCUT2D eigenvalue weighted by Crippen LogP contribution is -1.99. The fraction of sp³-hybridized carbons (Fsp3) is 0. The zero-order valence-electron chi connectivity index (χ0n) is 23.2. The summed E-state index contributed by atoms with van der Waals surface area (Å²) >= 11 is 0. The van der Waals surface area contributed by atoms with E-state index >= 15 is 0 Å². The Morgan fingerprint density at radius 3 is 1.98 bits per heavy atom. The maximum absolute atomic E-state index is 10.3. The molecule has 202 valence electrons. The Hall–Kier alpha value is -6.61. The van der Waals surface area contributed by atoms with Gasteiger partial charge in [0, 0.05) is 27.1 Å². The molecule has 2 heterocycles. The third-order valence-corrected chi connectivity index (χ3v) is 8.28. The zero-order chi connectivity index (χ0) is 29.8. The molecule has 0 aliphatic heterocycles. The van der Waals surface area contributed by atoms with Gasteiger partial charge in [0.25, 0.3) is 0 Å². The molecule has 8 aromatic rings. The van der Waals surface area contributed by atoms with Crippen LogP contribution in [-0.2, 0) is 0 Å². The standard InChI is InChI=1S/C39H20N4O/c1-41-26-18-20-37-32(22-26)31-21-24(17-19-36(31)44-37)38-25(23-40)9-7-12-29(38)30-13-8-14-33(42-2)39(30)43-34-15-5-3-10-27(34)28-11-4-6-16-35(28)43/h3-22H. The van der Waals surface area contributed by atoms with Gasteiger partial charge < -0.3 is 8.98 Å². The quantitative estimate of drug-likeness (QED) is 0.202. The first kappa shape index (κ1) is 25.1. The molecule has 0 spiro atoms. The van der Waals surface area contributed by atoms with Crippen LogP contribution in [0.3, 0.4) is 0 Å². The minimum Gasteiger partial charge on any atom is -0.456 e. The first-order valence-electron chi connectivity index (χ1n) is 14.1. The van der Waals surface area contributed by atoms with Crippen molar-refractivity contribution in [3.05, 3.63) is 150 Å². The maximum Gasteiger partial charge on any atom is 0.211 e. The molecule has 0 fully saturated rings. The molecule has 8 rings (SSSR count). The van der Waals surface area contributed by atoms with Crippen LogP contribution in [0.5, 0.6) is 0 Å². The lowest BCUT2D eigenvalue weighted by molar-refractivity contribution is 0.669. The Balaban J connectivity index is 1.46. The van der Waals surface area contributed by atoms with E-state index in [1.165, 1.54) is 0 Å². The lowest BCUT2D eigenvalue weighted by Gasteiger charge is -2.19. The van der Waals surface area contributed by atoms with Gasteiger partial charge in [-0.3, -0.25) is 0 Å². The van der Waals surface area contributed by atoms with Crippen molar-refractivity contribution < 1.29 is 4.42 Å². The molecule has 0 unspecified atom stereocenters. The Kier molecular flexibility index (Phi) is 5.56. The van der Waals surface area contributed by atoms with E-state index in [0.29, 0.717) is 28.1 Å². The van der Waals surface area contributed by atoms with Crippen molar-refractivity contribution in [1.29, 1.82) is 5.26 Å². The molecule has 0 radical (unpaired) electrons. The number of furan rings is 1. The second-order valence-corrected chi connectivity index (χ2v) is 10.6. The molecule has 0 aliphatic rings. The van der Waals surface area contributed by atoms with Crippen molar-refractivity contribution in [1.82, 2.24) is 4.57 Å². The SMILES string of the molecule is [C-]#[N+]c1ccc2oc3ccc(-c4c(C#N)cccc4-c4cccc([N+]#[C-])c4-n4c5ccccc5c5ccccc54)cc3c2c1. The summed E-state index contributed by atoms with van der Waals surface area (Å²) in [6, 6.07) is 41.8. The van der Waals surface area contributed by atoms with Crippen LogP contribution in [0.4, 0.5) is 11.4 Å². The van der Waals surface area contributed by atoms with E-state index in [-0.39, 0.29) is 0 Å². The Morgan fingerprint density at radius 1 is 0.614 bits per heavy atom. The van der Waals surface area contributed by atoms with E-state index in [1.807, 2.05) is 91.0 Å². The van der Waals surface area contributed by atoms with Gasteiger partial charge in [-0.05, 0) is 59.2 Å². The molecule has 5 heteroatoms. The van der Waals surface area contributed by atoms with Gasteiger partial charge in [0.05, 0.1) is 41.5 Å². The average molecular weight is 561 g/mol. The van der Waals surface area contributed by atoms with Gasteiger partial charge in [-0.25, -0.2) is 9.69 Å². The van der Waals surface area contributed by atoms with Gasteiger partial charge in [-0.2, -0.15) is 5.26 Å². The van der Waals surface area contributed by atoms with E-state index in [2.05, 4.69) is 44.6 Å². The van der Waals surface area contributed by atoms with Crippen LogP contribution in [-0.4, -0.2) is 4.57 Å². The number of benzene rings is 6. The third kappa shape index (κ3) is 3.63. The second-order valence-electron chi connectivity index (χ2n) is 10.6. The molecule has 6 aromatic carbocycles. The van der Waals surface area contributed by atoms with Crippen LogP contribution in [0.1, 0.15) is 5.56 Å². The van der Waals surface area contributed by atoms with E-state index in [9.17, 15) is 5.26 Å². The van der Waals surface area contributed by atoms with Crippen LogP contribution in [0.25, 0.3) is 81.4 Å². The van der Waals surface area contributed by atoms with Crippen LogP contribution in [0.2, 0.25) is 0 Å².